The summed E-state index contributed by atoms with van der Waals surface area (Å²) >= 11 is 0. The van der Waals surface area contributed by atoms with E-state index in [1.165, 1.54) is 5.56 Å². The Balaban J connectivity index is 3.05. The number of carbonyl (C=O) groups is 1. The molecule has 2 N–H and O–H groups in total. The Kier molecular flexibility index (Phi) is 4.30. The van der Waals surface area contributed by atoms with Crippen LogP contribution in [0.5, 0.6) is 0 Å². The Morgan fingerprint density at radius 1 is 1.47 bits per heavy atom. The Bertz CT molecular complexity index is 431. The van der Waals surface area contributed by atoms with E-state index in [0.29, 0.717) is 5.56 Å². The number of hydrogen-bond acceptors (Lipinski definition) is 2. The van der Waals surface area contributed by atoms with Crippen LogP contribution < -0.4 is 5.32 Å². The van der Waals surface area contributed by atoms with Crippen LogP contribution in [-0.2, 0) is 16.8 Å². The predicted molar refractivity (Wildman–Crippen MR) is 67.6 cm³/mol. The summed E-state index contributed by atoms with van der Waals surface area (Å²) in [4.78, 5) is 11.4. The number of rotatable bonds is 5. The molecule has 17 heavy (non-hydrogen) atoms. The Morgan fingerprint density at radius 2 is 2.06 bits per heavy atom. The zero-order valence-corrected chi connectivity index (χ0v) is 10.2. The molecule has 1 atom stereocenters. The summed E-state index contributed by atoms with van der Waals surface area (Å²) in [7, 11) is 0. The zero-order valence-electron chi connectivity index (χ0n) is 10.2. The summed E-state index contributed by atoms with van der Waals surface area (Å²) in [5.74, 6) is 1.46. The monoisotopic (exact) mass is 231 g/mol. The van der Waals surface area contributed by atoms with Crippen molar-refractivity contribution in [3.63, 3.8) is 0 Å². The summed E-state index contributed by atoms with van der Waals surface area (Å²) in [6, 6.07) is 7.54. The standard InChI is InChI=1S/C14H17NO2/c1-4-10-15-14(3,13(16)17)12-8-6-11(5-2)7-9-12/h1,6-9,15H,5,10H2,2-3H3,(H,16,17). The molecule has 1 aromatic rings. The first kappa shape index (κ1) is 13.3. The van der Waals surface area contributed by atoms with Gasteiger partial charge in [-0.1, -0.05) is 37.1 Å². The predicted octanol–water partition coefficient (Wildman–Crippen LogP) is 1.77. The molecule has 0 aliphatic rings. The highest BCUT2D eigenvalue weighted by Crippen LogP contribution is 2.21. The summed E-state index contributed by atoms with van der Waals surface area (Å²) in [6.07, 6.45) is 6.09. The van der Waals surface area contributed by atoms with Crippen LogP contribution in [0.1, 0.15) is 25.0 Å². The van der Waals surface area contributed by atoms with E-state index in [9.17, 15) is 9.90 Å². The van der Waals surface area contributed by atoms with E-state index in [1.54, 1.807) is 6.92 Å². The van der Waals surface area contributed by atoms with Gasteiger partial charge in [-0.15, -0.1) is 6.42 Å². The first-order valence-corrected chi connectivity index (χ1v) is 5.56. The van der Waals surface area contributed by atoms with Gasteiger partial charge in [0.25, 0.3) is 0 Å². The van der Waals surface area contributed by atoms with Gasteiger partial charge in [-0.05, 0) is 24.5 Å². The number of terminal acetylenes is 1. The van der Waals surface area contributed by atoms with E-state index in [4.69, 9.17) is 6.42 Å². The number of aliphatic carboxylic acids is 1. The summed E-state index contributed by atoms with van der Waals surface area (Å²) in [5.41, 5.74) is 0.745. The first-order chi connectivity index (χ1) is 8.04. The summed E-state index contributed by atoms with van der Waals surface area (Å²) in [5, 5.41) is 12.2. The van der Waals surface area contributed by atoms with Crippen LogP contribution in [-0.4, -0.2) is 17.6 Å². The lowest BCUT2D eigenvalue weighted by atomic mass is 9.91. The molecule has 1 unspecified atom stereocenters. The van der Waals surface area contributed by atoms with Crippen molar-refractivity contribution in [3.8, 4) is 12.3 Å². The molecule has 0 saturated carbocycles. The quantitative estimate of drug-likeness (QED) is 0.759. The average Bonchev–Trinajstić information content (AvgIpc) is 2.35. The van der Waals surface area contributed by atoms with Gasteiger partial charge in [0.05, 0.1) is 6.54 Å². The van der Waals surface area contributed by atoms with E-state index in [0.717, 1.165) is 6.42 Å². The maximum atomic E-state index is 11.4. The van der Waals surface area contributed by atoms with Crippen LogP contribution in [0.2, 0.25) is 0 Å². The number of carboxylic acid groups (broad SMARTS) is 1. The van der Waals surface area contributed by atoms with Gasteiger partial charge in [-0.3, -0.25) is 5.32 Å². The molecule has 1 rings (SSSR count). The van der Waals surface area contributed by atoms with Crippen molar-refractivity contribution < 1.29 is 9.90 Å². The van der Waals surface area contributed by atoms with Gasteiger partial charge in [0, 0.05) is 0 Å². The fraction of sp³-hybridized carbons (Fsp3) is 0.357. The molecule has 3 heteroatoms. The van der Waals surface area contributed by atoms with Crippen molar-refractivity contribution in [2.75, 3.05) is 6.54 Å². The number of nitrogens with one attached hydrogen (secondary N) is 1. The lowest BCUT2D eigenvalue weighted by Crippen LogP contribution is -2.46. The highest BCUT2D eigenvalue weighted by molar-refractivity contribution is 5.80. The third kappa shape index (κ3) is 2.86. The van der Waals surface area contributed by atoms with Gasteiger partial charge in [0.15, 0.2) is 0 Å². The minimum Gasteiger partial charge on any atom is -0.480 e. The third-order valence-electron chi connectivity index (χ3n) is 2.91. The Hall–Kier alpha value is -1.79. The van der Waals surface area contributed by atoms with Crippen molar-refractivity contribution in [2.24, 2.45) is 0 Å². The Morgan fingerprint density at radius 3 is 2.47 bits per heavy atom. The van der Waals surface area contributed by atoms with Crippen molar-refractivity contribution in [1.82, 2.24) is 5.32 Å². The third-order valence-corrected chi connectivity index (χ3v) is 2.91. The van der Waals surface area contributed by atoms with Gasteiger partial charge >= 0.3 is 5.97 Å². The average molecular weight is 231 g/mol. The molecular weight excluding hydrogens is 214 g/mol. The molecule has 0 spiro atoms. The number of aryl methyl sites for hydroxylation is 1. The van der Waals surface area contributed by atoms with Crippen molar-refractivity contribution in [3.05, 3.63) is 35.4 Å². The molecule has 0 aromatic heterocycles. The number of carboxylic acids is 1. The lowest BCUT2D eigenvalue weighted by molar-refractivity contribution is -0.144. The Labute approximate surface area is 102 Å². The fourth-order valence-electron chi connectivity index (χ4n) is 1.60. The molecule has 0 heterocycles. The molecule has 3 nitrogen and oxygen atoms in total. The highest BCUT2D eigenvalue weighted by atomic mass is 16.4. The molecule has 0 saturated heterocycles. The first-order valence-electron chi connectivity index (χ1n) is 5.56. The molecule has 0 bridgehead atoms. The van der Waals surface area contributed by atoms with Crippen molar-refractivity contribution in [1.29, 1.82) is 0 Å². The molecule has 90 valence electrons. The lowest BCUT2D eigenvalue weighted by Gasteiger charge is -2.26. The molecule has 0 aliphatic heterocycles. The van der Waals surface area contributed by atoms with E-state index in [2.05, 4.69) is 18.2 Å². The molecule has 0 fully saturated rings. The van der Waals surface area contributed by atoms with Crippen LogP contribution >= 0.6 is 0 Å². The minimum atomic E-state index is -1.14. The SMILES string of the molecule is C#CCNC(C)(C(=O)O)c1ccc(CC)cc1. The van der Waals surface area contributed by atoms with E-state index >= 15 is 0 Å². The van der Waals surface area contributed by atoms with Crippen molar-refractivity contribution >= 4 is 5.97 Å². The largest absolute Gasteiger partial charge is 0.480 e. The molecule has 1 aromatic carbocycles. The van der Waals surface area contributed by atoms with Gasteiger partial charge in [-0.25, -0.2) is 4.79 Å². The highest BCUT2D eigenvalue weighted by Gasteiger charge is 2.34. The van der Waals surface area contributed by atoms with Gasteiger partial charge in [-0.2, -0.15) is 0 Å². The minimum absolute atomic E-state index is 0.221. The summed E-state index contributed by atoms with van der Waals surface area (Å²) < 4.78 is 0. The topological polar surface area (TPSA) is 49.3 Å². The van der Waals surface area contributed by atoms with Crippen LogP contribution in [0.15, 0.2) is 24.3 Å². The molecule has 0 aliphatic carbocycles. The molecule has 0 amide bonds. The van der Waals surface area contributed by atoms with Crippen molar-refractivity contribution in [2.45, 2.75) is 25.8 Å². The molecule has 0 radical (unpaired) electrons. The van der Waals surface area contributed by atoms with Gasteiger partial charge < -0.3 is 5.11 Å². The second-order valence-corrected chi connectivity index (χ2v) is 4.04. The maximum absolute atomic E-state index is 11.4. The zero-order chi connectivity index (χ0) is 12.9. The number of hydrogen-bond donors (Lipinski definition) is 2. The van der Waals surface area contributed by atoms with E-state index in [1.807, 2.05) is 24.3 Å². The van der Waals surface area contributed by atoms with Crippen LogP contribution in [0, 0.1) is 12.3 Å². The second-order valence-electron chi connectivity index (χ2n) is 4.04. The molecular formula is C14H17NO2. The van der Waals surface area contributed by atoms with Gasteiger partial charge in [0.1, 0.15) is 5.54 Å². The van der Waals surface area contributed by atoms with Gasteiger partial charge in [0.2, 0.25) is 0 Å². The normalized spacial score (nSPS) is 13.7. The second kappa shape index (κ2) is 5.51. The maximum Gasteiger partial charge on any atom is 0.328 e. The fourth-order valence-corrected chi connectivity index (χ4v) is 1.60. The van der Waals surface area contributed by atoms with Crippen LogP contribution in [0.4, 0.5) is 0 Å². The summed E-state index contributed by atoms with van der Waals surface area (Å²) in [6.45, 7) is 3.90. The smallest absolute Gasteiger partial charge is 0.328 e. The number of benzene rings is 1. The van der Waals surface area contributed by atoms with Crippen LogP contribution in [0.25, 0.3) is 0 Å². The van der Waals surface area contributed by atoms with E-state index < -0.39 is 11.5 Å². The van der Waals surface area contributed by atoms with E-state index in [-0.39, 0.29) is 6.54 Å². The van der Waals surface area contributed by atoms with Crippen LogP contribution in [0.3, 0.4) is 0 Å².